The fourth-order valence-electron chi connectivity index (χ4n) is 3.19. The van der Waals surface area contributed by atoms with Crippen molar-refractivity contribution in [3.8, 4) is 5.75 Å². The monoisotopic (exact) mass is 466 g/mol. The van der Waals surface area contributed by atoms with Crippen LogP contribution in [0.3, 0.4) is 0 Å². The van der Waals surface area contributed by atoms with E-state index in [4.69, 9.17) is 28.4 Å². The van der Waals surface area contributed by atoms with Crippen molar-refractivity contribution in [3.63, 3.8) is 0 Å². The van der Waals surface area contributed by atoms with Gasteiger partial charge in [0.15, 0.2) is 18.0 Å². The molecule has 11 heteroatoms. The smallest absolute Gasteiger partial charge is 0.303 e. The molecule has 1 fully saturated rings. The Labute approximate surface area is 190 Å². The second kappa shape index (κ2) is 11.4. The van der Waals surface area contributed by atoms with Crippen molar-refractivity contribution in [2.45, 2.75) is 65.3 Å². The van der Waals surface area contributed by atoms with Crippen molar-refractivity contribution < 1.29 is 52.4 Å². The second-order valence-electron chi connectivity index (χ2n) is 7.27. The number of hydrogen-bond acceptors (Lipinski definition) is 11. The first kappa shape index (κ1) is 25.8. The molecule has 33 heavy (non-hydrogen) atoms. The molecule has 0 saturated carbocycles. The van der Waals surface area contributed by atoms with Gasteiger partial charge in [-0.1, -0.05) is 0 Å². The van der Waals surface area contributed by atoms with Gasteiger partial charge in [-0.05, 0) is 31.2 Å². The minimum Gasteiger partial charge on any atom is -0.463 e. The number of Topliss-reactive ketones (excluding diaryl/α,β-unsaturated/α-hetero) is 1. The van der Waals surface area contributed by atoms with Crippen molar-refractivity contribution in [2.24, 2.45) is 0 Å². The third-order valence-electron chi connectivity index (χ3n) is 4.46. The van der Waals surface area contributed by atoms with E-state index in [1.165, 1.54) is 38.1 Å². The molecule has 1 aromatic rings. The van der Waals surface area contributed by atoms with E-state index >= 15 is 0 Å². The maximum atomic E-state index is 11.8. The lowest BCUT2D eigenvalue weighted by molar-refractivity contribution is -0.288. The summed E-state index contributed by atoms with van der Waals surface area (Å²) < 4.78 is 32.6. The fourth-order valence-corrected chi connectivity index (χ4v) is 3.19. The third kappa shape index (κ3) is 7.56. The highest BCUT2D eigenvalue weighted by Crippen LogP contribution is 2.31. The van der Waals surface area contributed by atoms with Crippen LogP contribution in [0.4, 0.5) is 0 Å². The quantitative estimate of drug-likeness (QED) is 0.311. The van der Waals surface area contributed by atoms with Crippen molar-refractivity contribution in [2.75, 3.05) is 6.61 Å². The standard InChI is InChI=1S/C22H26O11/c1-11(23)16-6-8-17(9-7-16)32-22-21(31-15(5)27)20(30-14(4)26)19(29-13(3)25)18(33-22)10-28-12(2)24/h6-9,18-22H,10H2,1-5H3/t18-,19-,20+,21+,22+/m1/s1. The molecule has 180 valence electrons. The highest BCUT2D eigenvalue weighted by molar-refractivity contribution is 5.94. The number of ether oxygens (including phenoxy) is 6. The van der Waals surface area contributed by atoms with E-state index < -0.39 is 54.6 Å². The Morgan fingerprint density at radius 3 is 1.73 bits per heavy atom. The summed E-state index contributed by atoms with van der Waals surface area (Å²) in [5, 5.41) is 0. The van der Waals surface area contributed by atoms with Gasteiger partial charge in [0.2, 0.25) is 12.4 Å². The molecule has 11 nitrogen and oxygen atoms in total. The first-order chi connectivity index (χ1) is 15.5. The minimum absolute atomic E-state index is 0.145. The molecule has 2 rings (SSSR count). The number of carbonyl (C=O) groups is 5. The molecular weight excluding hydrogens is 440 g/mol. The summed E-state index contributed by atoms with van der Waals surface area (Å²) in [5.41, 5.74) is 0.448. The molecule has 0 aliphatic carbocycles. The Kier molecular flexibility index (Phi) is 8.92. The van der Waals surface area contributed by atoms with Crippen LogP contribution in [0.1, 0.15) is 45.0 Å². The van der Waals surface area contributed by atoms with Crippen LogP contribution in [0, 0.1) is 0 Å². The van der Waals surface area contributed by atoms with Gasteiger partial charge in [-0.2, -0.15) is 0 Å². The van der Waals surface area contributed by atoms with E-state index in [0.29, 0.717) is 5.56 Å². The molecule has 0 unspecified atom stereocenters. The van der Waals surface area contributed by atoms with Gasteiger partial charge >= 0.3 is 23.9 Å². The Morgan fingerprint density at radius 2 is 1.24 bits per heavy atom. The van der Waals surface area contributed by atoms with Gasteiger partial charge in [0, 0.05) is 33.3 Å². The third-order valence-corrected chi connectivity index (χ3v) is 4.46. The number of benzene rings is 1. The van der Waals surface area contributed by atoms with Gasteiger partial charge in [0.05, 0.1) is 0 Å². The summed E-state index contributed by atoms with van der Waals surface area (Å²) in [5.74, 6) is -2.72. The predicted octanol–water partition coefficient (Wildman–Crippen LogP) is 1.35. The molecule has 0 N–H and O–H groups in total. The highest BCUT2D eigenvalue weighted by atomic mass is 16.7. The molecule has 0 spiro atoms. The molecule has 1 aliphatic rings. The highest BCUT2D eigenvalue weighted by Gasteiger charge is 2.53. The molecule has 1 aliphatic heterocycles. The summed E-state index contributed by atoms with van der Waals surface area (Å²) in [7, 11) is 0. The van der Waals surface area contributed by atoms with Crippen LogP contribution >= 0.6 is 0 Å². The predicted molar refractivity (Wildman–Crippen MR) is 109 cm³/mol. The van der Waals surface area contributed by atoms with Gasteiger partial charge in [0.1, 0.15) is 18.5 Å². The van der Waals surface area contributed by atoms with E-state index in [-0.39, 0.29) is 18.1 Å². The number of hydrogen-bond donors (Lipinski definition) is 0. The van der Waals surface area contributed by atoms with Crippen LogP contribution in [0.25, 0.3) is 0 Å². The van der Waals surface area contributed by atoms with Gasteiger partial charge in [-0.25, -0.2) is 0 Å². The Morgan fingerprint density at radius 1 is 0.727 bits per heavy atom. The zero-order chi connectivity index (χ0) is 24.7. The summed E-state index contributed by atoms with van der Waals surface area (Å²) in [4.78, 5) is 58.2. The van der Waals surface area contributed by atoms with Crippen LogP contribution in [-0.4, -0.2) is 67.0 Å². The molecule has 1 heterocycles. The molecule has 0 aromatic heterocycles. The van der Waals surface area contributed by atoms with Crippen molar-refractivity contribution in [3.05, 3.63) is 29.8 Å². The Bertz CT molecular complexity index is 892. The molecule has 5 atom stereocenters. The number of ketones is 1. The lowest BCUT2D eigenvalue weighted by Crippen LogP contribution is -2.63. The van der Waals surface area contributed by atoms with Crippen molar-refractivity contribution in [1.29, 1.82) is 0 Å². The molecule has 0 radical (unpaired) electrons. The normalized spacial score (nSPS) is 24.2. The fraction of sp³-hybridized carbons (Fsp3) is 0.500. The molecule has 0 amide bonds. The largest absolute Gasteiger partial charge is 0.463 e. The number of rotatable bonds is 8. The van der Waals surface area contributed by atoms with Crippen LogP contribution in [0.15, 0.2) is 24.3 Å². The first-order valence-corrected chi connectivity index (χ1v) is 10.1. The topological polar surface area (TPSA) is 141 Å². The van der Waals surface area contributed by atoms with E-state index in [1.54, 1.807) is 0 Å². The maximum absolute atomic E-state index is 11.8. The average Bonchev–Trinajstić information content (AvgIpc) is 2.70. The second-order valence-corrected chi connectivity index (χ2v) is 7.27. The molecule has 0 bridgehead atoms. The summed E-state index contributed by atoms with van der Waals surface area (Å²) in [6.45, 7) is 5.63. The van der Waals surface area contributed by atoms with E-state index in [1.807, 2.05) is 0 Å². The number of carbonyl (C=O) groups excluding carboxylic acids is 5. The maximum Gasteiger partial charge on any atom is 0.303 e. The first-order valence-electron chi connectivity index (χ1n) is 10.1. The SMILES string of the molecule is CC(=O)OC[C@H]1O[C@H](Oc2ccc(C(C)=O)cc2)[C@@H](OC(C)=O)[C@@H](OC(C)=O)[C@@H]1OC(C)=O. The van der Waals surface area contributed by atoms with Gasteiger partial charge in [0.25, 0.3) is 0 Å². The van der Waals surface area contributed by atoms with Crippen LogP contribution in [0.5, 0.6) is 5.75 Å². The lowest BCUT2D eigenvalue weighted by Gasteiger charge is -2.43. The summed E-state index contributed by atoms with van der Waals surface area (Å²) in [6.07, 6.45) is -6.39. The number of esters is 4. The van der Waals surface area contributed by atoms with Crippen LogP contribution < -0.4 is 4.74 Å². The Hall–Kier alpha value is -3.47. The van der Waals surface area contributed by atoms with Crippen molar-refractivity contribution >= 4 is 29.7 Å². The zero-order valence-corrected chi connectivity index (χ0v) is 18.9. The zero-order valence-electron chi connectivity index (χ0n) is 18.9. The van der Waals surface area contributed by atoms with E-state index in [9.17, 15) is 24.0 Å². The summed E-state index contributed by atoms with van der Waals surface area (Å²) in [6, 6.07) is 6.07. The van der Waals surface area contributed by atoms with Crippen LogP contribution in [0.2, 0.25) is 0 Å². The van der Waals surface area contributed by atoms with Crippen LogP contribution in [-0.2, 0) is 42.9 Å². The molecule has 1 saturated heterocycles. The van der Waals surface area contributed by atoms with E-state index in [2.05, 4.69) is 0 Å². The van der Waals surface area contributed by atoms with Gasteiger partial charge in [-0.3, -0.25) is 24.0 Å². The molecular formula is C22H26O11. The lowest BCUT2D eigenvalue weighted by atomic mass is 9.98. The van der Waals surface area contributed by atoms with Crippen molar-refractivity contribution in [1.82, 2.24) is 0 Å². The Balaban J connectivity index is 2.43. The summed E-state index contributed by atoms with van der Waals surface area (Å²) >= 11 is 0. The van der Waals surface area contributed by atoms with E-state index in [0.717, 1.165) is 20.8 Å². The van der Waals surface area contributed by atoms with Gasteiger partial charge in [-0.15, -0.1) is 0 Å². The van der Waals surface area contributed by atoms with Gasteiger partial charge < -0.3 is 28.4 Å². The minimum atomic E-state index is -1.34. The average molecular weight is 466 g/mol. The molecule has 1 aromatic carbocycles.